The van der Waals surface area contributed by atoms with E-state index in [9.17, 15) is 0 Å². The van der Waals surface area contributed by atoms with Crippen LogP contribution in [0.3, 0.4) is 0 Å². The zero-order chi connectivity index (χ0) is 10.8. The third-order valence-electron chi connectivity index (χ3n) is 0. The third-order valence-corrected chi connectivity index (χ3v) is 0. The topological polar surface area (TPSA) is 199 Å². The van der Waals surface area contributed by atoms with E-state index < -0.39 is 0 Å². The Bertz CT molecular complexity index is 70.1. The first-order valence-corrected chi connectivity index (χ1v) is 1.53. The summed E-state index contributed by atoms with van der Waals surface area (Å²) in [6.45, 7) is 0. The molecule has 0 aromatic heterocycles. The van der Waals surface area contributed by atoms with Crippen LogP contribution >= 0.6 is 0 Å². The highest BCUT2D eigenvalue weighted by molar-refractivity contribution is 5.75. The zero-order valence-electron chi connectivity index (χ0n) is 5.71. The molecular formula is H4N4O8Si. The highest BCUT2D eigenvalue weighted by Gasteiger charge is 1.19. The largest absolute Gasteiger partial charge is 0.379 e. The predicted octanol–water partition coefficient (Wildman–Crippen LogP) is 0.187. The van der Waals surface area contributed by atoms with E-state index in [0.717, 1.165) is 0 Å². The van der Waals surface area contributed by atoms with Crippen LogP contribution in [0.2, 0.25) is 0 Å². The minimum atomic E-state index is 0. The summed E-state index contributed by atoms with van der Waals surface area (Å²) in [6, 6.07) is 0. The van der Waals surface area contributed by atoms with Gasteiger partial charge in [0.1, 0.15) is 0 Å². The van der Waals surface area contributed by atoms with Crippen LogP contribution in [0.5, 0.6) is 0 Å². The molecule has 0 rings (SSSR count). The van der Waals surface area contributed by atoms with Gasteiger partial charge in [-0.05, 0) is 0 Å². The molecule has 0 atom stereocenters. The molecule has 0 aliphatic heterocycles. The molecule has 4 N–H and O–H groups in total. The maximum atomic E-state index is 8.11. The maximum Gasteiger partial charge on any atom is 0.152 e. The van der Waals surface area contributed by atoms with Crippen molar-refractivity contribution in [3.63, 3.8) is 0 Å². The summed E-state index contributed by atoms with van der Waals surface area (Å²) in [6.07, 6.45) is 0. The van der Waals surface area contributed by atoms with E-state index in [1.807, 2.05) is 0 Å². The van der Waals surface area contributed by atoms with Gasteiger partial charge in [0.2, 0.25) is 0 Å². The molecule has 76 valence electrons. The lowest BCUT2D eigenvalue weighted by atomic mass is 13.4. The zero-order valence-corrected chi connectivity index (χ0v) is 6.71. The van der Waals surface area contributed by atoms with E-state index in [0.29, 0.717) is 0 Å². The van der Waals surface area contributed by atoms with Gasteiger partial charge in [0.25, 0.3) is 0 Å². The fraction of sp³-hybridized carbons (Fsp3) is 0. The number of rotatable bonds is 0. The minimum absolute atomic E-state index is 0. The Morgan fingerprint density at radius 1 is 0.538 bits per heavy atom. The molecule has 4 radical (unpaired) electrons. The third kappa shape index (κ3) is 126. The van der Waals surface area contributed by atoms with E-state index >= 15 is 0 Å². The van der Waals surface area contributed by atoms with Gasteiger partial charge in [0, 0.05) is 11.0 Å². The van der Waals surface area contributed by atoms with Gasteiger partial charge in [0.15, 0.2) is 21.4 Å². The van der Waals surface area contributed by atoms with Crippen LogP contribution in [0.4, 0.5) is 0 Å². The molecule has 0 aromatic rings. The van der Waals surface area contributed by atoms with E-state index in [2.05, 4.69) is 0 Å². The van der Waals surface area contributed by atoms with Crippen molar-refractivity contribution in [2.24, 2.45) is 21.4 Å². The van der Waals surface area contributed by atoms with Gasteiger partial charge in [0.05, 0.1) is 0 Å². The molecule has 0 heterocycles. The predicted molar refractivity (Wildman–Crippen MR) is 36.1 cm³/mol. The van der Waals surface area contributed by atoms with Crippen LogP contribution in [0, 0.1) is 19.6 Å². The molecule has 0 aliphatic carbocycles. The fourth-order valence-electron chi connectivity index (χ4n) is 0. The van der Waals surface area contributed by atoms with Crippen LogP contribution in [0.15, 0.2) is 21.4 Å². The van der Waals surface area contributed by atoms with E-state index in [1.165, 1.54) is 21.4 Å². The van der Waals surface area contributed by atoms with Crippen LogP contribution < -0.4 is 0 Å². The molecule has 13 heteroatoms. The number of nitrogens with zero attached hydrogens (tertiary/aromatic N) is 4. The molecule has 0 fully saturated rings. The van der Waals surface area contributed by atoms with Gasteiger partial charge < -0.3 is 20.8 Å². The van der Waals surface area contributed by atoms with Crippen LogP contribution in [-0.2, 0) is 0 Å². The average molecular weight is 216 g/mol. The molecule has 12 nitrogen and oxygen atoms in total. The maximum absolute atomic E-state index is 8.11. The second kappa shape index (κ2) is 231. The Hall–Kier alpha value is -2.18. The summed E-state index contributed by atoms with van der Waals surface area (Å²) in [5.41, 5.74) is 0. The van der Waals surface area contributed by atoms with Gasteiger partial charge in [-0.25, -0.2) is 0 Å². The van der Waals surface area contributed by atoms with E-state index in [-0.39, 0.29) is 11.0 Å². The van der Waals surface area contributed by atoms with Crippen molar-refractivity contribution < 1.29 is 20.8 Å². The first-order valence-electron chi connectivity index (χ1n) is 1.53. The van der Waals surface area contributed by atoms with Gasteiger partial charge in [-0.15, -0.1) is 19.6 Å². The second-order valence-corrected chi connectivity index (χ2v) is 0.327. The Labute approximate surface area is 73.9 Å². The standard InChI is InChI=1S/4HNO2.Si/c4*2-1-3;/h4*(H,2,3);. The van der Waals surface area contributed by atoms with E-state index in [4.69, 9.17) is 40.5 Å². The molecule has 0 saturated carbocycles. The molecule has 13 heavy (non-hydrogen) atoms. The normalized spacial score (nSPS) is 3.69. The summed E-state index contributed by atoms with van der Waals surface area (Å²) in [4.78, 5) is 32.4. The number of hydrogen-bond donors (Lipinski definition) is 4. The van der Waals surface area contributed by atoms with Gasteiger partial charge >= 0.3 is 0 Å². The van der Waals surface area contributed by atoms with E-state index in [1.54, 1.807) is 0 Å². The molecule has 0 aromatic carbocycles. The first kappa shape index (κ1) is 30.8. The van der Waals surface area contributed by atoms with Crippen molar-refractivity contribution >= 4 is 11.0 Å². The van der Waals surface area contributed by atoms with Crippen molar-refractivity contribution in [2.75, 3.05) is 0 Å². The molecular weight excluding hydrogens is 212 g/mol. The van der Waals surface area contributed by atoms with Crippen LogP contribution in [0.25, 0.3) is 0 Å². The molecule has 0 amide bonds. The Morgan fingerprint density at radius 2 is 0.538 bits per heavy atom. The molecule has 0 unspecified atom stereocenters. The molecule has 0 aliphatic rings. The summed E-state index contributed by atoms with van der Waals surface area (Å²) >= 11 is 0. The fourth-order valence-corrected chi connectivity index (χ4v) is 0. The Balaban J connectivity index is -0.0000000213. The smallest absolute Gasteiger partial charge is 0.152 e. The highest BCUT2D eigenvalue weighted by atomic mass is 28.1. The van der Waals surface area contributed by atoms with Crippen molar-refractivity contribution in [3.05, 3.63) is 19.6 Å². The Kier molecular flexibility index (Phi) is 548. The lowest BCUT2D eigenvalue weighted by Crippen LogP contribution is -1.25. The highest BCUT2D eigenvalue weighted by Crippen LogP contribution is 1.26. The summed E-state index contributed by atoms with van der Waals surface area (Å²) in [5.74, 6) is 0. The van der Waals surface area contributed by atoms with Crippen molar-refractivity contribution in [1.82, 2.24) is 0 Å². The van der Waals surface area contributed by atoms with Gasteiger partial charge in [-0.2, -0.15) is 0 Å². The van der Waals surface area contributed by atoms with Crippen LogP contribution in [-0.4, -0.2) is 31.8 Å². The molecule has 0 bridgehead atoms. The first-order chi connectivity index (χ1) is 5.66. The van der Waals surface area contributed by atoms with Crippen molar-refractivity contribution in [3.8, 4) is 0 Å². The summed E-state index contributed by atoms with van der Waals surface area (Å²) in [7, 11) is 0. The van der Waals surface area contributed by atoms with Gasteiger partial charge in [-0.3, -0.25) is 0 Å². The van der Waals surface area contributed by atoms with Crippen molar-refractivity contribution in [1.29, 1.82) is 0 Å². The van der Waals surface area contributed by atoms with Crippen LogP contribution in [0.1, 0.15) is 0 Å². The molecule has 0 saturated heterocycles. The minimum Gasteiger partial charge on any atom is -0.379 e. The summed E-state index contributed by atoms with van der Waals surface area (Å²) < 4.78 is 0. The number of hydrogen-bond acceptors (Lipinski definition) is 8. The monoisotopic (exact) mass is 216 g/mol. The average Bonchev–Trinajstić information content (AvgIpc) is 1.92. The van der Waals surface area contributed by atoms with Gasteiger partial charge in [-0.1, -0.05) is 0 Å². The molecule has 0 spiro atoms. The Morgan fingerprint density at radius 3 is 0.538 bits per heavy atom. The van der Waals surface area contributed by atoms with Crippen molar-refractivity contribution in [2.45, 2.75) is 0 Å². The SMILES string of the molecule is O=NO.O=NO.O=NO.O=NO.[Si]. The second-order valence-electron chi connectivity index (χ2n) is 0.327. The lowest BCUT2D eigenvalue weighted by molar-refractivity contribution is 0.312. The summed E-state index contributed by atoms with van der Waals surface area (Å²) in [5, 5.41) is 31.6. The lowest BCUT2D eigenvalue weighted by Gasteiger charge is -1.32. The quantitative estimate of drug-likeness (QED) is 0.249.